The molecule has 1 unspecified atom stereocenters. The molecule has 2 heterocycles. The van der Waals surface area contributed by atoms with Gasteiger partial charge in [-0.2, -0.15) is 0 Å². The van der Waals surface area contributed by atoms with E-state index in [-0.39, 0.29) is 11.8 Å². The van der Waals surface area contributed by atoms with E-state index in [4.69, 9.17) is 4.99 Å². The minimum atomic E-state index is -1.03. The molecule has 0 aromatic heterocycles. The van der Waals surface area contributed by atoms with Crippen molar-refractivity contribution in [1.29, 1.82) is 0 Å². The first-order valence-electron chi connectivity index (χ1n) is 16.1. The van der Waals surface area contributed by atoms with E-state index in [9.17, 15) is 9.59 Å². The Morgan fingerprint density at radius 1 is 0.864 bits per heavy atom. The van der Waals surface area contributed by atoms with E-state index < -0.39 is 12.2 Å². The summed E-state index contributed by atoms with van der Waals surface area (Å²) in [5, 5.41) is 5.87. The third-order valence-electron chi connectivity index (χ3n) is 9.37. The molecule has 8 nitrogen and oxygen atoms in total. The van der Waals surface area contributed by atoms with Crippen molar-refractivity contribution in [2.24, 2.45) is 10.9 Å². The van der Waals surface area contributed by atoms with Gasteiger partial charge in [0.2, 0.25) is 6.17 Å². The highest BCUT2D eigenvalue weighted by molar-refractivity contribution is 6.14. The van der Waals surface area contributed by atoms with Gasteiger partial charge >= 0.3 is 6.03 Å². The fraction of sp³-hybridized carbons (Fsp3) is 0.417. The predicted octanol–water partition coefficient (Wildman–Crippen LogP) is 6.28. The number of benzene rings is 3. The van der Waals surface area contributed by atoms with Crippen LogP contribution in [0.1, 0.15) is 56.1 Å². The highest BCUT2D eigenvalue weighted by Gasteiger charge is 2.35. The summed E-state index contributed by atoms with van der Waals surface area (Å²) >= 11 is 0. The average molecular weight is 593 g/mol. The van der Waals surface area contributed by atoms with E-state index in [1.807, 2.05) is 60.7 Å². The van der Waals surface area contributed by atoms with Gasteiger partial charge < -0.3 is 25.3 Å². The van der Waals surface area contributed by atoms with Crippen molar-refractivity contribution in [3.63, 3.8) is 0 Å². The third-order valence-corrected chi connectivity index (χ3v) is 9.37. The summed E-state index contributed by atoms with van der Waals surface area (Å²) in [5.74, 6) is 0.0239. The van der Waals surface area contributed by atoms with Gasteiger partial charge in [0.25, 0.3) is 5.91 Å². The molecule has 3 amide bonds. The zero-order valence-electron chi connectivity index (χ0n) is 25.9. The lowest BCUT2D eigenvalue weighted by Gasteiger charge is -2.36. The predicted molar refractivity (Wildman–Crippen MR) is 178 cm³/mol. The number of carbonyl (C=O) groups excluding carboxylic acids is 2. The summed E-state index contributed by atoms with van der Waals surface area (Å²) in [4.78, 5) is 39.1. The zero-order chi connectivity index (χ0) is 30.5. The molecule has 2 N–H and O–H groups in total. The molecule has 0 bridgehead atoms. The maximum atomic E-state index is 14.2. The summed E-state index contributed by atoms with van der Waals surface area (Å²) < 4.78 is 0. The maximum absolute atomic E-state index is 14.2. The van der Waals surface area contributed by atoms with Crippen molar-refractivity contribution < 1.29 is 9.59 Å². The summed E-state index contributed by atoms with van der Waals surface area (Å²) in [5.41, 5.74) is 5.61. The normalized spacial score (nSPS) is 19.8. The minimum Gasteiger partial charge on any atom is -0.371 e. The number of anilines is 3. The molecule has 44 heavy (non-hydrogen) atoms. The summed E-state index contributed by atoms with van der Waals surface area (Å²) in [7, 11) is 4.30. The number of fused-ring (bicyclic) bond motifs is 1. The van der Waals surface area contributed by atoms with Crippen LogP contribution in [-0.2, 0) is 11.3 Å². The van der Waals surface area contributed by atoms with Crippen molar-refractivity contribution in [2.75, 3.05) is 42.3 Å². The van der Waals surface area contributed by atoms with E-state index in [1.54, 1.807) is 4.90 Å². The number of aliphatic imine (C=N–C) groups is 1. The van der Waals surface area contributed by atoms with E-state index in [2.05, 4.69) is 52.7 Å². The highest BCUT2D eigenvalue weighted by Crippen LogP contribution is 2.34. The van der Waals surface area contributed by atoms with E-state index in [1.165, 1.54) is 6.42 Å². The molecule has 1 saturated carbocycles. The topological polar surface area (TPSA) is 80.3 Å². The quantitative estimate of drug-likeness (QED) is 0.338. The number of hydrogen-bond acceptors (Lipinski definition) is 5. The number of hydrogen-bond donors (Lipinski definition) is 2. The van der Waals surface area contributed by atoms with Crippen molar-refractivity contribution in [1.82, 2.24) is 10.2 Å². The molecule has 6 rings (SSSR count). The lowest BCUT2D eigenvalue weighted by atomic mass is 9.82. The first-order chi connectivity index (χ1) is 21.5. The van der Waals surface area contributed by atoms with Crippen LogP contribution < -0.4 is 20.4 Å². The molecular weight excluding hydrogens is 548 g/mol. The van der Waals surface area contributed by atoms with Crippen LogP contribution in [-0.4, -0.2) is 61.9 Å². The fourth-order valence-electron chi connectivity index (χ4n) is 6.87. The number of piperidine rings is 1. The first kappa shape index (κ1) is 29.9. The van der Waals surface area contributed by atoms with E-state index in [0.717, 1.165) is 79.8 Å². The monoisotopic (exact) mass is 592 g/mol. The smallest absolute Gasteiger partial charge is 0.321 e. The van der Waals surface area contributed by atoms with Gasteiger partial charge in [0, 0.05) is 42.0 Å². The van der Waals surface area contributed by atoms with Crippen molar-refractivity contribution in [2.45, 2.75) is 63.7 Å². The molecule has 230 valence electrons. The highest BCUT2D eigenvalue weighted by atomic mass is 16.2. The number of urea groups is 1. The Labute approximate surface area is 261 Å². The number of benzodiazepines with no additional fused rings is 1. The van der Waals surface area contributed by atoms with Gasteiger partial charge in [-0.25, -0.2) is 4.79 Å². The number of amides is 3. The van der Waals surface area contributed by atoms with Crippen LogP contribution in [0, 0.1) is 5.92 Å². The summed E-state index contributed by atoms with van der Waals surface area (Å²) in [6.07, 6.45) is 6.85. The molecule has 0 spiro atoms. The molecule has 1 atom stereocenters. The van der Waals surface area contributed by atoms with Crippen LogP contribution in [0.3, 0.4) is 0 Å². The van der Waals surface area contributed by atoms with Gasteiger partial charge in [-0.15, -0.1) is 0 Å². The Hall–Kier alpha value is -4.17. The average Bonchev–Trinajstić information content (AvgIpc) is 3.17. The van der Waals surface area contributed by atoms with Gasteiger partial charge in [0.1, 0.15) is 0 Å². The van der Waals surface area contributed by atoms with Crippen molar-refractivity contribution in [3.8, 4) is 0 Å². The second kappa shape index (κ2) is 13.6. The molecule has 1 saturated heterocycles. The number of rotatable bonds is 7. The van der Waals surface area contributed by atoms with Gasteiger partial charge in [-0.05, 0) is 75.7 Å². The molecule has 3 aromatic rings. The molecule has 0 radical (unpaired) electrons. The van der Waals surface area contributed by atoms with Gasteiger partial charge in [-0.1, -0.05) is 67.8 Å². The fourth-order valence-corrected chi connectivity index (χ4v) is 6.87. The van der Waals surface area contributed by atoms with Crippen molar-refractivity contribution in [3.05, 3.63) is 90.0 Å². The van der Waals surface area contributed by atoms with Crippen LogP contribution in [0.2, 0.25) is 0 Å². The van der Waals surface area contributed by atoms with Crippen molar-refractivity contribution >= 4 is 34.7 Å². The van der Waals surface area contributed by atoms with Crippen LogP contribution in [0.25, 0.3) is 0 Å². The number of para-hydroxylation sites is 1. The molecule has 3 aliphatic rings. The molecule has 3 aromatic carbocycles. The first-order valence-corrected chi connectivity index (χ1v) is 16.1. The Morgan fingerprint density at radius 3 is 2.25 bits per heavy atom. The Morgan fingerprint density at radius 2 is 1.55 bits per heavy atom. The van der Waals surface area contributed by atoms with Crippen LogP contribution >= 0.6 is 0 Å². The molecular formula is C36H44N6O2. The summed E-state index contributed by atoms with van der Waals surface area (Å²) in [6, 6.07) is 26.2. The van der Waals surface area contributed by atoms with Crippen LogP contribution in [0.15, 0.2) is 83.9 Å². The third kappa shape index (κ3) is 6.81. The SMILES string of the molecule is CN(C)C1CCN(c2ccc(NC(=O)NC3N=C(C4CCCCC4)c4ccccc4N(Cc4ccccc4)C3=O)cc2)CC1. The van der Waals surface area contributed by atoms with Crippen LogP contribution in [0.4, 0.5) is 21.9 Å². The molecule has 2 aliphatic heterocycles. The number of nitrogens with one attached hydrogen (secondary N) is 2. The van der Waals surface area contributed by atoms with Gasteiger partial charge in [0.15, 0.2) is 0 Å². The standard InChI is InChI=1S/C36H44N6O2/c1-40(2)29-21-23-41(24-22-29)30-19-17-28(18-20-30)37-36(44)39-34-35(43)42(25-26-11-5-3-6-12-26)32-16-10-9-15-31(32)33(38-34)27-13-7-4-8-14-27/h3,5-6,9-12,15-20,27,29,34H,4,7-8,13-14,21-25H2,1-2H3,(H2,37,39,44). The Kier molecular flexibility index (Phi) is 9.26. The molecule has 1 aliphatic carbocycles. The molecule has 8 heteroatoms. The maximum Gasteiger partial charge on any atom is 0.321 e. The zero-order valence-corrected chi connectivity index (χ0v) is 25.9. The van der Waals surface area contributed by atoms with E-state index in [0.29, 0.717) is 18.3 Å². The largest absolute Gasteiger partial charge is 0.371 e. The summed E-state index contributed by atoms with van der Waals surface area (Å²) in [6.45, 7) is 2.43. The Balaban J connectivity index is 1.21. The number of nitrogens with zero attached hydrogens (tertiary/aromatic N) is 4. The second-order valence-electron chi connectivity index (χ2n) is 12.5. The number of carbonyl (C=O) groups is 2. The van der Waals surface area contributed by atoms with Gasteiger partial charge in [0.05, 0.1) is 17.9 Å². The van der Waals surface area contributed by atoms with E-state index >= 15 is 0 Å². The minimum absolute atomic E-state index is 0.237. The molecule has 2 fully saturated rings. The van der Waals surface area contributed by atoms with Crippen LogP contribution in [0.5, 0.6) is 0 Å². The second-order valence-corrected chi connectivity index (χ2v) is 12.5. The Bertz CT molecular complexity index is 1460. The lowest BCUT2D eigenvalue weighted by molar-refractivity contribution is -0.120. The lowest BCUT2D eigenvalue weighted by Crippen LogP contribution is -2.48. The van der Waals surface area contributed by atoms with Gasteiger partial charge in [-0.3, -0.25) is 9.79 Å².